The molecular formula is C43H50Cl2Zr. The van der Waals surface area contributed by atoms with Gasteiger partial charge in [-0.25, -0.2) is 12.2 Å². The summed E-state index contributed by atoms with van der Waals surface area (Å²) in [5.74, 6) is 0. The molecule has 240 valence electrons. The summed E-state index contributed by atoms with van der Waals surface area (Å²) < 4.78 is 1.62. The van der Waals surface area contributed by atoms with Crippen LogP contribution in [0.2, 0.25) is 0 Å². The molecule has 0 spiro atoms. The van der Waals surface area contributed by atoms with Crippen LogP contribution in [0.15, 0.2) is 109 Å². The molecule has 3 heteroatoms. The van der Waals surface area contributed by atoms with Gasteiger partial charge in [-0.1, -0.05) is 76.9 Å². The maximum Gasteiger partial charge on any atom is -0.109 e. The predicted molar refractivity (Wildman–Crippen MR) is 205 cm³/mol. The van der Waals surface area contributed by atoms with Crippen molar-refractivity contribution in [3.8, 4) is 0 Å². The largest absolute Gasteiger partial charge is 0.273 e. The van der Waals surface area contributed by atoms with Crippen LogP contribution in [0.25, 0.3) is 21.5 Å². The average molecular weight is 729 g/mol. The second kappa shape index (κ2) is 17.6. The van der Waals surface area contributed by atoms with E-state index in [-0.39, 0.29) is 35.6 Å². The molecule has 0 aromatic heterocycles. The van der Waals surface area contributed by atoms with E-state index >= 15 is 0 Å². The summed E-state index contributed by atoms with van der Waals surface area (Å²) in [5, 5.41) is 5.49. The van der Waals surface area contributed by atoms with Crippen LogP contribution in [-0.2, 0) is 47.9 Å². The summed E-state index contributed by atoms with van der Waals surface area (Å²) >= 11 is 1.56. The molecule has 0 radical (unpaired) electrons. The predicted octanol–water partition coefficient (Wildman–Crippen LogP) is 12.3. The van der Waals surface area contributed by atoms with Gasteiger partial charge in [0.15, 0.2) is 0 Å². The summed E-state index contributed by atoms with van der Waals surface area (Å²) in [5.41, 5.74) is 8.95. The van der Waals surface area contributed by atoms with E-state index in [4.69, 9.17) is 0 Å². The van der Waals surface area contributed by atoms with Crippen LogP contribution < -0.4 is 0 Å². The monoisotopic (exact) mass is 726 g/mol. The van der Waals surface area contributed by atoms with Gasteiger partial charge in [0.05, 0.1) is 0 Å². The van der Waals surface area contributed by atoms with Gasteiger partial charge >= 0.3 is 125 Å². The van der Waals surface area contributed by atoms with Gasteiger partial charge in [-0.3, -0.25) is 6.08 Å². The zero-order valence-corrected chi connectivity index (χ0v) is 32.9. The SMILES string of the molecule is CC(C)(C)c1ccc2[cH-]c3ccc(C(C)(C)C)cc3c2c1.Cc1ccccc1C[C](=[Zr+2])Cc1ccccc1C.Cl.Cl.[C-]1=CC=CC1. The summed E-state index contributed by atoms with van der Waals surface area (Å²) in [6.45, 7) is 18.1. The first kappa shape index (κ1) is 39.7. The van der Waals surface area contributed by atoms with Crippen LogP contribution >= 0.6 is 24.8 Å². The van der Waals surface area contributed by atoms with Crippen molar-refractivity contribution in [1.29, 1.82) is 0 Å². The Morgan fingerprint density at radius 2 is 1.11 bits per heavy atom. The Morgan fingerprint density at radius 3 is 1.43 bits per heavy atom. The molecule has 0 bridgehead atoms. The molecule has 6 rings (SSSR count). The number of allylic oxidation sites excluding steroid dienone is 4. The van der Waals surface area contributed by atoms with Crippen molar-refractivity contribution in [2.24, 2.45) is 0 Å². The number of benzene rings is 4. The molecule has 5 aromatic rings. The van der Waals surface area contributed by atoms with Crippen molar-refractivity contribution >= 4 is 49.6 Å². The van der Waals surface area contributed by atoms with E-state index in [2.05, 4.69) is 159 Å². The average Bonchev–Trinajstić information content (AvgIpc) is 3.66. The minimum atomic E-state index is 0. The Morgan fingerprint density at radius 1 is 0.674 bits per heavy atom. The molecule has 46 heavy (non-hydrogen) atoms. The van der Waals surface area contributed by atoms with Gasteiger partial charge in [0.2, 0.25) is 0 Å². The minimum Gasteiger partial charge on any atom is -0.273 e. The van der Waals surface area contributed by atoms with E-state index < -0.39 is 0 Å². The summed E-state index contributed by atoms with van der Waals surface area (Å²) in [6, 6.07) is 33.5. The quantitative estimate of drug-likeness (QED) is 0.162. The van der Waals surface area contributed by atoms with Gasteiger partial charge in [-0.2, -0.15) is 6.08 Å². The van der Waals surface area contributed by atoms with E-state index in [0.29, 0.717) is 0 Å². The minimum absolute atomic E-state index is 0. The smallest absolute Gasteiger partial charge is 0.109 e. The molecular weight excluding hydrogens is 679 g/mol. The Hall–Kier alpha value is -2.44. The van der Waals surface area contributed by atoms with Gasteiger partial charge in [0.25, 0.3) is 0 Å². The number of hydrogen-bond donors (Lipinski definition) is 0. The molecule has 0 nitrogen and oxygen atoms in total. The molecule has 0 unspecified atom stereocenters. The molecule has 0 saturated carbocycles. The number of rotatable bonds is 4. The van der Waals surface area contributed by atoms with E-state index in [1.54, 1.807) is 27.4 Å². The first-order chi connectivity index (χ1) is 20.8. The van der Waals surface area contributed by atoms with Crippen LogP contribution in [-0.4, -0.2) is 3.21 Å². The Labute approximate surface area is 305 Å². The van der Waals surface area contributed by atoms with Gasteiger partial charge in [-0.15, -0.1) is 71.0 Å². The first-order valence-electron chi connectivity index (χ1n) is 15.8. The Balaban J connectivity index is 0.000000270. The Kier molecular flexibility index (Phi) is 15.2. The van der Waals surface area contributed by atoms with Crippen LogP contribution in [0.5, 0.6) is 0 Å². The molecule has 0 atom stereocenters. The number of aryl methyl sites for hydroxylation is 2. The molecule has 1 aliphatic rings. The number of halogens is 2. The fourth-order valence-electron chi connectivity index (χ4n) is 5.41. The van der Waals surface area contributed by atoms with Crippen molar-refractivity contribution in [2.45, 2.75) is 85.5 Å². The molecule has 0 amide bonds. The van der Waals surface area contributed by atoms with Crippen molar-refractivity contribution < 1.29 is 24.2 Å². The van der Waals surface area contributed by atoms with Crippen molar-refractivity contribution in [3.63, 3.8) is 0 Å². The summed E-state index contributed by atoms with van der Waals surface area (Å²) in [7, 11) is 0. The maximum absolute atomic E-state index is 2.99. The van der Waals surface area contributed by atoms with Crippen LogP contribution in [0.3, 0.4) is 0 Å². The molecule has 0 N–H and O–H groups in total. The van der Waals surface area contributed by atoms with Crippen molar-refractivity contribution in [2.75, 3.05) is 0 Å². The van der Waals surface area contributed by atoms with Gasteiger partial charge in [0.1, 0.15) is 0 Å². The number of hydrogen-bond acceptors (Lipinski definition) is 0. The zero-order valence-electron chi connectivity index (χ0n) is 28.8. The van der Waals surface area contributed by atoms with E-state index in [9.17, 15) is 0 Å². The van der Waals surface area contributed by atoms with Crippen LogP contribution in [0.4, 0.5) is 0 Å². The summed E-state index contributed by atoms with van der Waals surface area (Å²) in [6.07, 6.45) is 12.2. The molecule has 0 heterocycles. The second-order valence-electron chi connectivity index (χ2n) is 14.1. The fraction of sp³-hybridized carbons (Fsp3) is 0.302. The molecule has 5 aromatic carbocycles. The third-order valence-electron chi connectivity index (χ3n) is 8.36. The van der Waals surface area contributed by atoms with E-state index in [1.807, 2.05) is 12.2 Å². The molecule has 0 saturated heterocycles. The number of fused-ring (bicyclic) bond motifs is 3. The normalized spacial score (nSPS) is 12.0. The van der Waals surface area contributed by atoms with Crippen LogP contribution in [0.1, 0.15) is 81.3 Å². The third-order valence-corrected chi connectivity index (χ3v) is 9.22. The van der Waals surface area contributed by atoms with Crippen molar-refractivity contribution in [3.05, 3.63) is 149 Å². The first-order valence-corrected chi connectivity index (χ1v) is 17.1. The second-order valence-corrected chi connectivity index (χ2v) is 15.8. The van der Waals surface area contributed by atoms with E-state index in [0.717, 1.165) is 19.3 Å². The zero-order chi connectivity index (χ0) is 31.9. The third kappa shape index (κ3) is 11.1. The Bertz CT molecular complexity index is 1660. The molecule has 0 aliphatic heterocycles. The van der Waals surface area contributed by atoms with Gasteiger partial charge < -0.3 is 0 Å². The van der Waals surface area contributed by atoms with Gasteiger partial charge in [0, 0.05) is 0 Å². The van der Waals surface area contributed by atoms with Gasteiger partial charge in [-0.05, 0) is 10.8 Å². The van der Waals surface area contributed by atoms with Crippen LogP contribution in [0, 0.1) is 19.9 Å². The maximum atomic E-state index is 2.99. The molecule has 1 aliphatic carbocycles. The molecule has 0 fully saturated rings. The topological polar surface area (TPSA) is 0 Å². The van der Waals surface area contributed by atoms with E-state index in [1.165, 1.54) is 54.9 Å². The fourth-order valence-corrected chi connectivity index (χ4v) is 6.35. The van der Waals surface area contributed by atoms with Crippen molar-refractivity contribution in [1.82, 2.24) is 0 Å². The summed E-state index contributed by atoms with van der Waals surface area (Å²) in [4.78, 5) is 0. The standard InChI is InChI=1S/C21H25.C17H18.C5H5.2ClH.Zr/c1-20(2,3)16-9-7-14-11-15-8-10-17(21(4,5)6)13-19(15)18(14)12-16;1-14-8-3-5-10-16(14)12-7-13-17-11-6-4-9-15(17)2;1-2-4-5-3-1;;;/h7-13H,1-6H3;3-6,8-11H,12-13H2,1-2H3;1-3H,4H2;2*1H;/q-1;;-1;;;+2.